The molecule has 1 aliphatic carbocycles. The Balaban J connectivity index is 0.907. The highest BCUT2D eigenvalue weighted by Gasteiger charge is 2.46. The van der Waals surface area contributed by atoms with Crippen LogP contribution in [0.5, 0.6) is 0 Å². The van der Waals surface area contributed by atoms with Crippen LogP contribution in [0.3, 0.4) is 0 Å². The van der Waals surface area contributed by atoms with Crippen molar-refractivity contribution in [2.75, 3.05) is 9.80 Å². The van der Waals surface area contributed by atoms with Crippen molar-refractivity contribution >= 4 is 55.7 Å². The minimum absolute atomic E-state index is 0.554. The number of benzene rings is 13. The summed E-state index contributed by atoms with van der Waals surface area (Å²) in [5.41, 5.74) is 20.5. The molecule has 0 radical (unpaired) electrons. The fraction of sp³-hybridized carbons (Fsp3) is 0.0133. The number of anilines is 6. The Morgan fingerprint density at radius 2 is 0.649 bits per heavy atom. The van der Waals surface area contributed by atoms with Crippen LogP contribution in [0.15, 0.2) is 315 Å². The Morgan fingerprint density at radius 3 is 1.29 bits per heavy atom. The first-order valence-corrected chi connectivity index (χ1v) is 26.6. The molecule has 0 amide bonds. The molecule has 14 rings (SSSR count). The first-order chi connectivity index (χ1) is 38.2. The third kappa shape index (κ3) is 8.07. The molecule has 0 unspecified atom stereocenters. The minimum Gasteiger partial charge on any atom is -0.310 e. The monoisotopic (exact) mass is 980 g/mol. The molecular weight excluding hydrogens is 929 g/mol. The largest absolute Gasteiger partial charge is 0.310 e. The van der Waals surface area contributed by atoms with E-state index in [1.807, 2.05) is 0 Å². The van der Waals surface area contributed by atoms with Crippen LogP contribution >= 0.6 is 0 Å². The average Bonchev–Trinajstić information content (AvgIpc) is 3.81. The van der Waals surface area contributed by atoms with E-state index in [2.05, 4.69) is 325 Å². The Hall–Kier alpha value is -10.0. The molecule has 13 aromatic carbocycles. The van der Waals surface area contributed by atoms with E-state index in [9.17, 15) is 0 Å². The quantitative estimate of drug-likeness (QED) is 0.127. The van der Waals surface area contributed by atoms with Crippen molar-refractivity contribution in [3.63, 3.8) is 0 Å². The van der Waals surface area contributed by atoms with Crippen molar-refractivity contribution in [2.24, 2.45) is 0 Å². The second kappa shape index (κ2) is 19.4. The van der Waals surface area contributed by atoms with Gasteiger partial charge in [0.1, 0.15) is 0 Å². The molecule has 0 heterocycles. The van der Waals surface area contributed by atoms with Gasteiger partial charge in [-0.15, -0.1) is 0 Å². The highest BCUT2D eigenvalue weighted by atomic mass is 15.1. The highest BCUT2D eigenvalue weighted by Crippen LogP contribution is 2.58. The Labute approximate surface area is 450 Å². The summed E-state index contributed by atoms with van der Waals surface area (Å²) in [5.74, 6) is 0. The summed E-state index contributed by atoms with van der Waals surface area (Å²) in [5, 5.41) is 4.83. The van der Waals surface area contributed by atoms with Crippen LogP contribution in [-0.4, -0.2) is 0 Å². The van der Waals surface area contributed by atoms with E-state index in [4.69, 9.17) is 0 Å². The summed E-state index contributed by atoms with van der Waals surface area (Å²) in [7, 11) is 0. The van der Waals surface area contributed by atoms with Gasteiger partial charge in [0, 0.05) is 34.0 Å². The predicted molar refractivity (Wildman–Crippen MR) is 324 cm³/mol. The van der Waals surface area contributed by atoms with Crippen molar-refractivity contribution in [1.29, 1.82) is 0 Å². The summed E-state index contributed by atoms with van der Waals surface area (Å²) in [6.07, 6.45) is 0. The molecule has 0 aliphatic heterocycles. The zero-order chi connectivity index (χ0) is 51.1. The number of rotatable bonds is 11. The van der Waals surface area contributed by atoms with Crippen LogP contribution in [0.2, 0.25) is 0 Å². The van der Waals surface area contributed by atoms with Gasteiger partial charge in [0.15, 0.2) is 0 Å². The van der Waals surface area contributed by atoms with Crippen molar-refractivity contribution in [1.82, 2.24) is 0 Å². The first kappa shape index (κ1) is 45.6. The van der Waals surface area contributed by atoms with Crippen LogP contribution in [0.25, 0.3) is 66.1 Å². The number of hydrogen-bond acceptors (Lipinski definition) is 2. The lowest BCUT2D eigenvalue weighted by atomic mass is 9.67. The maximum Gasteiger partial charge on any atom is 0.0714 e. The molecule has 77 heavy (non-hydrogen) atoms. The molecule has 1 aliphatic rings. The molecular formula is C75H52N2. The van der Waals surface area contributed by atoms with Crippen LogP contribution in [0, 0.1) is 0 Å². The lowest BCUT2D eigenvalue weighted by Crippen LogP contribution is -2.28. The molecule has 0 spiro atoms. The van der Waals surface area contributed by atoms with Gasteiger partial charge in [-0.1, -0.05) is 243 Å². The minimum atomic E-state index is -0.554. The fourth-order valence-corrected chi connectivity index (χ4v) is 12.1. The number of nitrogens with zero attached hydrogens (tertiary/aromatic N) is 2. The Kier molecular flexibility index (Phi) is 11.5. The lowest BCUT2D eigenvalue weighted by Gasteiger charge is -2.35. The topological polar surface area (TPSA) is 6.48 Å². The van der Waals surface area contributed by atoms with Gasteiger partial charge in [0.2, 0.25) is 0 Å². The molecule has 2 heteroatoms. The SMILES string of the molecule is c1ccc(-c2cc3ccccc3cc2N(c2cccc(-c3ccc(-c4cccc(N(c5ccccc5)c5ccc6ccccc6c5)c4)cc3)c2)c2ccc3c(c2)C(c2ccccc2)(c2ccccc2)c2ccccc2-3)cc1. The Bertz CT molecular complexity index is 4220. The summed E-state index contributed by atoms with van der Waals surface area (Å²) in [6, 6.07) is 116. The standard InChI is InChI=1S/C75H52N2/c1-5-22-56(23-6-1)71-50-60-25-15-16-26-61(60)51-74(71)77(68-45-46-70-69-37-17-18-38-72(69)75(73(70)52-68,62-29-7-2-8-30-62)63-31-9-3-10-32-63)66-36-20-28-59(48-66)55-41-39-54(40-42-55)58-27-19-35-65(47-58)76(64-33-11-4-12-34-64)67-44-43-53-21-13-14-24-57(53)49-67/h1-52H. The van der Waals surface area contributed by atoms with Gasteiger partial charge in [-0.3, -0.25) is 0 Å². The van der Waals surface area contributed by atoms with Crippen molar-refractivity contribution in [2.45, 2.75) is 5.41 Å². The number of para-hydroxylation sites is 1. The van der Waals surface area contributed by atoms with Crippen LogP contribution < -0.4 is 9.80 Å². The maximum atomic E-state index is 2.50. The summed E-state index contributed by atoms with van der Waals surface area (Å²) < 4.78 is 0. The van der Waals surface area contributed by atoms with Gasteiger partial charge in [0.25, 0.3) is 0 Å². The van der Waals surface area contributed by atoms with Gasteiger partial charge in [-0.05, 0) is 156 Å². The van der Waals surface area contributed by atoms with E-state index < -0.39 is 5.41 Å². The molecule has 0 fully saturated rings. The second-order valence-electron chi connectivity index (χ2n) is 20.1. The third-order valence-electron chi connectivity index (χ3n) is 15.7. The predicted octanol–water partition coefficient (Wildman–Crippen LogP) is 20.3. The lowest BCUT2D eigenvalue weighted by molar-refractivity contribution is 0.768. The van der Waals surface area contributed by atoms with Gasteiger partial charge >= 0.3 is 0 Å². The van der Waals surface area contributed by atoms with Gasteiger partial charge in [-0.2, -0.15) is 0 Å². The normalized spacial score (nSPS) is 12.3. The van der Waals surface area contributed by atoms with E-state index in [1.165, 1.54) is 54.9 Å². The highest BCUT2D eigenvalue weighted by molar-refractivity contribution is 6.00. The zero-order valence-electron chi connectivity index (χ0n) is 42.4. The summed E-state index contributed by atoms with van der Waals surface area (Å²) in [4.78, 5) is 4.85. The molecule has 2 nitrogen and oxygen atoms in total. The van der Waals surface area contributed by atoms with Crippen molar-refractivity contribution in [3.05, 3.63) is 338 Å². The molecule has 0 bridgehead atoms. The van der Waals surface area contributed by atoms with Crippen LogP contribution in [0.4, 0.5) is 34.1 Å². The van der Waals surface area contributed by atoms with E-state index in [1.54, 1.807) is 0 Å². The van der Waals surface area contributed by atoms with Gasteiger partial charge in [-0.25, -0.2) is 0 Å². The smallest absolute Gasteiger partial charge is 0.0714 e. The maximum absolute atomic E-state index is 2.50. The second-order valence-corrected chi connectivity index (χ2v) is 20.1. The molecule has 0 saturated heterocycles. The number of fused-ring (bicyclic) bond motifs is 5. The van der Waals surface area contributed by atoms with Crippen molar-refractivity contribution < 1.29 is 0 Å². The van der Waals surface area contributed by atoms with E-state index in [0.29, 0.717) is 0 Å². The van der Waals surface area contributed by atoms with Crippen LogP contribution in [0.1, 0.15) is 22.3 Å². The zero-order valence-corrected chi connectivity index (χ0v) is 42.4. The third-order valence-corrected chi connectivity index (χ3v) is 15.7. The van der Waals surface area contributed by atoms with Gasteiger partial charge in [0.05, 0.1) is 11.1 Å². The summed E-state index contributed by atoms with van der Waals surface area (Å²) >= 11 is 0. The molecule has 0 aromatic heterocycles. The molecule has 13 aromatic rings. The number of hydrogen-bond donors (Lipinski definition) is 0. The van der Waals surface area contributed by atoms with Gasteiger partial charge < -0.3 is 9.80 Å². The average molecular weight is 981 g/mol. The first-order valence-electron chi connectivity index (χ1n) is 26.6. The fourth-order valence-electron chi connectivity index (χ4n) is 12.1. The van der Waals surface area contributed by atoms with E-state index >= 15 is 0 Å². The summed E-state index contributed by atoms with van der Waals surface area (Å²) in [6.45, 7) is 0. The molecule has 0 atom stereocenters. The van der Waals surface area contributed by atoms with Crippen LogP contribution in [-0.2, 0) is 5.41 Å². The molecule has 0 saturated carbocycles. The molecule has 0 N–H and O–H groups in total. The Morgan fingerprint density at radius 1 is 0.208 bits per heavy atom. The van der Waals surface area contributed by atoms with E-state index in [-0.39, 0.29) is 0 Å². The van der Waals surface area contributed by atoms with Crippen molar-refractivity contribution in [3.8, 4) is 44.5 Å². The molecule has 362 valence electrons. The van der Waals surface area contributed by atoms with E-state index in [0.717, 1.165) is 67.5 Å².